The van der Waals surface area contributed by atoms with Crippen molar-refractivity contribution in [1.29, 1.82) is 0 Å². The second-order valence-electron chi connectivity index (χ2n) is 9.54. The van der Waals surface area contributed by atoms with Crippen LogP contribution in [0.1, 0.15) is 44.6 Å². The number of para-hydroxylation sites is 1. The molecule has 0 spiro atoms. The minimum Gasteiger partial charge on any atom is -0.341 e. The number of anilines is 1. The van der Waals surface area contributed by atoms with Crippen molar-refractivity contribution in [3.8, 4) is 0 Å². The number of hydrogen-bond donors (Lipinski definition) is 1. The molecule has 1 aromatic carbocycles. The predicted molar refractivity (Wildman–Crippen MR) is 124 cm³/mol. The normalized spacial score (nSPS) is 25.1. The van der Waals surface area contributed by atoms with Crippen LogP contribution in [-0.4, -0.2) is 78.9 Å². The summed E-state index contributed by atoms with van der Waals surface area (Å²) in [5, 5.41) is 3.06. The number of amides is 2. The Hall–Kier alpha value is -1.92. The Morgan fingerprint density at radius 2 is 1.58 bits per heavy atom. The summed E-state index contributed by atoms with van der Waals surface area (Å²) in [5.41, 5.74) is 2.08. The monoisotopic (exact) mass is 426 g/mol. The maximum atomic E-state index is 12.9. The molecular weight excluding hydrogens is 388 g/mol. The van der Waals surface area contributed by atoms with E-state index in [1.54, 1.807) is 0 Å². The zero-order valence-corrected chi connectivity index (χ0v) is 19.0. The number of hydrogen-bond acceptors (Lipinski definition) is 4. The maximum absolute atomic E-state index is 12.9. The van der Waals surface area contributed by atoms with Crippen LogP contribution in [0.15, 0.2) is 24.3 Å². The molecule has 6 heteroatoms. The van der Waals surface area contributed by atoms with Crippen LogP contribution < -0.4 is 5.32 Å². The van der Waals surface area contributed by atoms with Crippen LogP contribution in [0.2, 0.25) is 0 Å². The fourth-order valence-electron chi connectivity index (χ4n) is 5.57. The second kappa shape index (κ2) is 10.6. The fourth-order valence-corrected chi connectivity index (χ4v) is 5.57. The van der Waals surface area contributed by atoms with Gasteiger partial charge in [0.1, 0.15) is 0 Å². The molecule has 0 aromatic heterocycles. The third-order valence-electron chi connectivity index (χ3n) is 7.51. The largest absolute Gasteiger partial charge is 0.341 e. The van der Waals surface area contributed by atoms with E-state index in [9.17, 15) is 9.59 Å². The van der Waals surface area contributed by atoms with Gasteiger partial charge in [0.2, 0.25) is 11.8 Å². The number of fused-ring (bicyclic) bond motifs is 1. The molecule has 2 amide bonds. The Labute approximate surface area is 187 Å². The molecule has 3 aliphatic rings. The van der Waals surface area contributed by atoms with Gasteiger partial charge in [-0.1, -0.05) is 44.4 Å². The molecule has 170 valence electrons. The van der Waals surface area contributed by atoms with Crippen LogP contribution in [0.4, 0.5) is 5.69 Å². The summed E-state index contributed by atoms with van der Waals surface area (Å²) in [6.45, 7) is 8.33. The van der Waals surface area contributed by atoms with Crippen LogP contribution in [-0.2, 0) is 16.0 Å². The van der Waals surface area contributed by atoms with Crippen LogP contribution in [0.5, 0.6) is 0 Å². The van der Waals surface area contributed by atoms with E-state index in [0.717, 1.165) is 68.8 Å². The van der Waals surface area contributed by atoms with Gasteiger partial charge >= 0.3 is 0 Å². The van der Waals surface area contributed by atoms with Crippen LogP contribution in [0.25, 0.3) is 0 Å². The first kappa shape index (κ1) is 22.3. The van der Waals surface area contributed by atoms with E-state index in [2.05, 4.69) is 33.0 Å². The van der Waals surface area contributed by atoms with Crippen LogP contribution in [0.3, 0.4) is 0 Å². The molecule has 4 rings (SSSR count). The van der Waals surface area contributed by atoms with E-state index in [4.69, 9.17) is 0 Å². The molecule has 0 radical (unpaired) electrons. The average Bonchev–Trinajstić information content (AvgIpc) is 2.80. The van der Waals surface area contributed by atoms with E-state index in [-0.39, 0.29) is 5.91 Å². The maximum Gasteiger partial charge on any atom is 0.238 e. The van der Waals surface area contributed by atoms with E-state index in [1.807, 2.05) is 18.2 Å². The Morgan fingerprint density at radius 1 is 0.903 bits per heavy atom. The van der Waals surface area contributed by atoms with Crippen molar-refractivity contribution in [3.63, 3.8) is 0 Å². The minimum atomic E-state index is 0.0424. The van der Waals surface area contributed by atoms with Crippen LogP contribution >= 0.6 is 0 Å². The summed E-state index contributed by atoms with van der Waals surface area (Å²) in [5.74, 6) is 1.93. The number of nitrogens with one attached hydrogen (secondary N) is 1. The SMILES string of the molecule is CCc1ccccc1NC(=O)CN1CCN(CC(=O)N2CC[C@H]3CCCC[C@H]3C2)CC1. The molecule has 1 aromatic rings. The predicted octanol–water partition coefficient (Wildman–Crippen LogP) is 2.84. The molecule has 2 atom stereocenters. The first-order chi connectivity index (χ1) is 15.1. The van der Waals surface area contributed by atoms with Crippen molar-refractivity contribution in [3.05, 3.63) is 29.8 Å². The number of carbonyl (C=O) groups is 2. The Balaban J connectivity index is 1.18. The lowest BCUT2D eigenvalue weighted by Gasteiger charge is -2.42. The van der Waals surface area contributed by atoms with E-state index in [0.29, 0.717) is 19.0 Å². The van der Waals surface area contributed by atoms with Crippen molar-refractivity contribution in [2.24, 2.45) is 11.8 Å². The minimum absolute atomic E-state index is 0.0424. The lowest BCUT2D eigenvalue weighted by atomic mass is 9.75. The Bertz CT molecular complexity index is 760. The third kappa shape index (κ3) is 5.86. The lowest BCUT2D eigenvalue weighted by Crippen LogP contribution is -2.53. The van der Waals surface area contributed by atoms with Gasteiger partial charge in [-0.25, -0.2) is 0 Å². The van der Waals surface area contributed by atoms with E-state index >= 15 is 0 Å². The highest BCUT2D eigenvalue weighted by atomic mass is 16.2. The molecule has 3 fully saturated rings. The van der Waals surface area contributed by atoms with Gasteiger partial charge in [-0.15, -0.1) is 0 Å². The molecule has 2 aliphatic heterocycles. The van der Waals surface area contributed by atoms with Crippen molar-refractivity contribution in [1.82, 2.24) is 14.7 Å². The number of piperidine rings is 1. The van der Waals surface area contributed by atoms with Gasteiger partial charge in [-0.2, -0.15) is 0 Å². The highest BCUT2D eigenvalue weighted by Crippen LogP contribution is 2.36. The quantitative estimate of drug-likeness (QED) is 0.760. The number of piperazine rings is 1. The molecule has 31 heavy (non-hydrogen) atoms. The average molecular weight is 427 g/mol. The first-order valence-corrected chi connectivity index (χ1v) is 12.2. The van der Waals surface area contributed by atoms with Gasteiger partial charge in [0.25, 0.3) is 0 Å². The summed E-state index contributed by atoms with van der Waals surface area (Å²) in [7, 11) is 0. The molecule has 2 heterocycles. The molecule has 1 saturated carbocycles. The lowest BCUT2D eigenvalue weighted by molar-refractivity contribution is -0.136. The number of nitrogens with zero attached hydrogens (tertiary/aromatic N) is 3. The molecule has 1 N–H and O–H groups in total. The Morgan fingerprint density at radius 3 is 2.32 bits per heavy atom. The van der Waals surface area contributed by atoms with Gasteiger partial charge in [-0.3, -0.25) is 19.4 Å². The highest BCUT2D eigenvalue weighted by molar-refractivity contribution is 5.93. The van der Waals surface area contributed by atoms with Crippen molar-refractivity contribution < 1.29 is 9.59 Å². The van der Waals surface area contributed by atoms with Crippen molar-refractivity contribution >= 4 is 17.5 Å². The van der Waals surface area contributed by atoms with E-state index in [1.165, 1.54) is 32.1 Å². The van der Waals surface area contributed by atoms with E-state index < -0.39 is 0 Å². The number of benzene rings is 1. The Kier molecular flexibility index (Phi) is 7.62. The molecule has 0 unspecified atom stereocenters. The number of carbonyl (C=O) groups excluding carboxylic acids is 2. The first-order valence-electron chi connectivity index (χ1n) is 12.2. The van der Waals surface area contributed by atoms with Gasteiger partial charge < -0.3 is 10.2 Å². The van der Waals surface area contributed by atoms with Gasteiger partial charge in [-0.05, 0) is 42.7 Å². The zero-order valence-electron chi connectivity index (χ0n) is 19.0. The summed E-state index contributed by atoms with van der Waals surface area (Å²) in [4.78, 5) is 31.9. The van der Waals surface area contributed by atoms with Crippen LogP contribution in [0, 0.1) is 11.8 Å². The van der Waals surface area contributed by atoms with Crippen molar-refractivity contribution in [2.45, 2.75) is 45.4 Å². The zero-order chi connectivity index (χ0) is 21.6. The van der Waals surface area contributed by atoms with Gasteiger partial charge in [0.05, 0.1) is 13.1 Å². The molecule has 6 nitrogen and oxygen atoms in total. The summed E-state index contributed by atoms with van der Waals surface area (Å²) < 4.78 is 0. The standard InChI is InChI=1S/C25H38N4O2/c1-2-20-7-5-6-10-23(20)26-24(30)18-27-13-15-28(16-14-27)19-25(31)29-12-11-21-8-3-4-9-22(21)17-29/h5-7,10,21-22H,2-4,8-9,11-19H2,1H3,(H,26,30)/t21-,22+/m1/s1. The fraction of sp³-hybridized carbons (Fsp3) is 0.680. The molecule has 1 aliphatic carbocycles. The summed E-state index contributed by atoms with van der Waals surface area (Å²) in [6, 6.07) is 7.99. The van der Waals surface area contributed by atoms with Crippen molar-refractivity contribution in [2.75, 3.05) is 57.7 Å². The van der Waals surface area contributed by atoms with Gasteiger partial charge in [0.15, 0.2) is 0 Å². The topological polar surface area (TPSA) is 55.9 Å². The van der Waals surface area contributed by atoms with Gasteiger partial charge in [0, 0.05) is 45.0 Å². The molecular formula is C25H38N4O2. The highest BCUT2D eigenvalue weighted by Gasteiger charge is 2.33. The summed E-state index contributed by atoms with van der Waals surface area (Å²) >= 11 is 0. The summed E-state index contributed by atoms with van der Waals surface area (Å²) in [6.07, 6.45) is 7.48. The number of aryl methyl sites for hydroxylation is 1. The molecule has 0 bridgehead atoms. The third-order valence-corrected chi connectivity index (χ3v) is 7.51. The number of likely N-dealkylation sites (tertiary alicyclic amines) is 1. The molecule has 2 saturated heterocycles. The second-order valence-corrected chi connectivity index (χ2v) is 9.54. The number of rotatable bonds is 6. The smallest absolute Gasteiger partial charge is 0.238 e.